The van der Waals surface area contributed by atoms with Crippen molar-refractivity contribution in [3.63, 3.8) is 0 Å². The van der Waals surface area contributed by atoms with Crippen LogP contribution in [-0.4, -0.2) is 37.1 Å². The highest BCUT2D eigenvalue weighted by atomic mass is 16.5. The largest absolute Gasteiger partial charge is 0.493 e. The number of fused-ring (bicyclic) bond motifs is 2. The zero-order valence-electron chi connectivity index (χ0n) is 15.3. The van der Waals surface area contributed by atoms with Gasteiger partial charge in [-0.2, -0.15) is 0 Å². The number of benzene rings is 1. The van der Waals surface area contributed by atoms with Crippen LogP contribution in [-0.2, 0) is 24.1 Å². The van der Waals surface area contributed by atoms with Crippen molar-refractivity contribution in [2.75, 3.05) is 26.3 Å². The molecule has 0 spiro atoms. The van der Waals surface area contributed by atoms with Gasteiger partial charge in [0.25, 0.3) is 0 Å². The Kier molecular flexibility index (Phi) is 4.87. The molecule has 0 atom stereocenters. The predicted molar refractivity (Wildman–Crippen MR) is 97.4 cm³/mol. The Bertz CT molecular complexity index is 615. The van der Waals surface area contributed by atoms with Crippen LogP contribution in [0.5, 0.6) is 11.5 Å². The summed E-state index contributed by atoms with van der Waals surface area (Å²) in [5.41, 5.74) is 4.10. The van der Waals surface area contributed by atoms with Gasteiger partial charge in [-0.3, -0.25) is 4.79 Å². The van der Waals surface area contributed by atoms with E-state index in [1.165, 1.54) is 16.7 Å². The summed E-state index contributed by atoms with van der Waals surface area (Å²) < 4.78 is 11.8. The number of ether oxygens (including phenoxy) is 2. The molecular weight excluding hydrogens is 314 g/mol. The Morgan fingerprint density at radius 3 is 2.80 bits per heavy atom. The summed E-state index contributed by atoms with van der Waals surface area (Å²) in [4.78, 5) is 14.3. The van der Waals surface area contributed by atoms with Crippen molar-refractivity contribution in [3.8, 4) is 11.5 Å². The molecule has 1 saturated heterocycles. The average molecular weight is 343 g/mol. The first-order chi connectivity index (χ1) is 12.3. The Morgan fingerprint density at radius 1 is 1.20 bits per heavy atom. The second kappa shape index (κ2) is 7.27. The Labute approximate surface area is 150 Å². The average Bonchev–Trinajstić information content (AvgIpc) is 3.29. The van der Waals surface area contributed by atoms with E-state index in [2.05, 4.69) is 17.9 Å². The molecule has 0 aromatic heterocycles. The quantitative estimate of drug-likeness (QED) is 0.821. The fraction of sp³-hybridized carbons (Fsp3) is 0.667. The molecule has 3 aliphatic rings. The number of piperidine rings is 1. The second-order valence-electron chi connectivity index (χ2n) is 7.65. The standard InChI is InChI=1S/C21H29NO3/c1-2-3-4-20(23)22-9-5-15(6-10-22)13-18-17-8-12-24-19(17)14-16-7-11-25-21(16)18/h14-15H,2-13H2,1H3. The van der Waals surface area contributed by atoms with Gasteiger partial charge in [-0.1, -0.05) is 13.3 Å². The fourth-order valence-electron chi connectivity index (χ4n) is 4.46. The van der Waals surface area contributed by atoms with Crippen molar-refractivity contribution in [3.05, 3.63) is 22.8 Å². The molecule has 0 N–H and O–H groups in total. The molecule has 0 radical (unpaired) electrons. The van der Waals surface area contributed by atoms with Crippen LogP contribution in [0.1, 0.15) is 55.7 Å². The summed E-state index contributed by atoms with van der Waals surface area (Å²) in [6.07, 6.45) is 8.12. The van der Waals surface area contributed by atoms with E-state index in [1.807, 2.05) is 0 Å². The zero-order chi connectivity index (χ0) is 17.2. The number of carbonyl (C=O) groups is 1. The lowest BCUT2D eigenvalue weighted by Gasteiger charge is -2.32. The number of nitrogens with zero attached hydrogens (tertiary/aromatic N) is 1. The van der Waals surface area contributed by atoms with Crippen molar-refractivity contribution in [1.82, 2.24) is 4.90 Å². The van der Waals surface area contributed by atoms with Gasteiger partial charge in [0.05, 0.1) is 13.2 Å². The van der Waals surface area contributed by atoms with Crippen molar-refractivity contribution in [2.45, 2.75) is 58.3 Å². The van der Waals surface area contributed by atoms with Crippen molar-refractivity contribution < 1.29 is 14.3 Å². The van der Waals surface area contributed by atoms with Gasteiger partial charge in [-0.15, -0.1) is 0 Å². The maximum Gasteiger partial charge on any atom is 0.222 e. The predicted octanol–water partition coefficient (Wildman–Crippen LogP) is 3.53. The summed E-state index contributed by atoms with van der Waals surface area (Å²) in [6.45, 7) is 5.58. The Hall–Kier alpha value is -1.71. The molecule has 136 valence electrons. The molecule has 3 aliphatic heterocycles. The highest BCUT2D eigenvalue weighted by Gasteiger charge is 2.29. The van der Waals surface area contributed by atoms with E-state index in [0.717, 1.165) is 82.7 Å². The minimum absolute atomic E-state index is 0.346. The molecule has 0 saturated carbocycles. The fourth-order valence-corrected chi connectivity index (χ4v) is 4.46. The number of unbranched alkanes of at least 4 members (excludes halogenated alkanes) is 1. The number of rotatable bonds is 5. The van der Waals surface area contributed by atoms with Crippen LogP contribution < -0.4 is 9.47 Å². The maximum atomic E-state index is 12.2. The molecule has 0 bridgehead atoms. The van der Waals surface area contributed by atoms with Gasteiger partial charge in [-0.05, 0) is 37.7 Å². The Morgan fingerprint density at radius 2 is 2.00 bits per heavy atom. The van der Waals surface area contributed by atoms with Crippen molar-refractivity contribution >= 4 is 5.91 Å². The van der Waals surface area contributed by atoms with Gasteiger partial charge in [0.1, 0.15) is 11.5 Å². The van der Waals surface area contributed by atoms with Crippen LogP contribution in [0.3, 0.4) is 0 Å². The topological polar surface area (TPSA) is 38.8 Å². The number of carbonyl (C=O) groups excluding carboxylic acids is 1. The van der Waals surface area contributed by atoms with Gasteiger partial charge >= 0.3 is 0 Å². The number of hydrogen-bond donors (Lipinski definition) is 0. The maximum absolute atomic E-state index is 12.2. The molecular formula is C21H29NO3. The molecule has 25 heavy (non-hydrogen) atoms. The van der Waals surface area contributed by atoms with E-state index in [0.29, 0.717) is 18.2 Å². The summed E-state index contributed by atoms with van der Waals surface area (Å²) in [6, 6.07) is 2.20. The van der Waals surface area contributed by atoms with E-state index in [9.17, 15) is 4.79 Å². The van der Waals surface area contributed by atoms with Crippen LogP contribution in [0.25, 0.3) is 0 Å². The highest BCUT2D eigenvalue weighted by Crippen LogP contribution is 2.42. The smallest absolute Gasteiger partial charge is 0.222 e. The van der Waals surface area contributed by atoms with Crippen LogP contribution in [0, 0.1) is 5.92 Å². The molecule has 4 nitrogen and oxygen atoms in total. The third kappa shape index (κ3) is 3.36. The van der Waals surface area contributed by atoms with Gasteiger partial charge in [0, 0.05) is 49.0 Å². The first-order valence-corrected chi connectivity index (χ1v) is 9.97. The summed E-state index contributed by atoms with van der Waals surface area (Å²) >= 11 is 0. The first kappa shape index (κ1) is 16.7. The summed E-state index contributed by atoms with van der Waals surface area (Å²) in [5.74, 6) is 3.23. The van der Waals surface area contributed by atoms with Gasteiger partial charge < -0.3 is 14.4 Å². The number of likely N-dealkylation sites (tertiary alicyclic amines) is 1. The molecule has 1 aromatic rings. The van der Waals surface area contributed by atoms with E-state index >= 15 is 0 Å². The third-order valence-electron chi connectivity index (χ3n) is 5.96. The van der Waals surface area contributed by atoms with Crippen molar-refractivity contribution in [1.29, 1.82) is 0 Å². The van der Waals surface area contributed by atoms with E-state index in [1.54, 1.807) is 0 Å². The van der Waals surface area contributed by atoms with E-state index in [4.69, 9.17) is 9.47 Å². The lowest BCUT2D eigenvalue weighted by atomic mass is 9.86. The second-order valence-corrected chi connectivity index (χ2v) is 7.65. The van der Waals surface area contributed by atoms with Crippen LogP contribution in [0.15, 0.2) is 6.07 Å². The number of hydrogen-bond acceptors (Lipinski definition) is 3. The lowest BCUT2D eigenvalue weighted by molar-refractivity contribution is -0.132. The van der Waals surface area contributed by atoms with Gasteiger partial charge in [0.2, 0.25) is 5.91 Å². The molecule has 1 amide bonds. The molecule has 1 aromatic carbocycles. The normalized spacial score (nSPS) is 19.3. The SMILES string of the molecule is CCCCC(=O)N1CCC(Cc2c3c(cc4c2OCC4)OCC3)CC1. The minimum atomic E-state index is 0.346. The molecule has 4 heteroatoms. The Balaban J connectivity index is 1.42. The molecule has 4 rings (SSSR count). The molecule has 1 fully saturated rings. The summed E-state index contributed by atoms with van der Waals surface area (Å²) in [7, 11) is 0. The van der Waals surface area contributed by atoms with Crippen LogP contribution >= 0.6 is 0 Å². The van der Waals surface area contributed by atoms with Gasteiger partial charge in [0.15, 0.2) is 0 Å². The van der Waals surface area contributed by atoms with E-state index in [-0.39, 0.29) is 0 Å². The highest BCUT2D eigenvalue weighted by molar-refractivity contribution is 5.76. The monoisotopic (exact) mass is 343 g/mol. The third-order valence-corrected chi connectivity index (χ3v) is 5.96. The molecule has 3 heterocycles. The van der Waals surface area contributed by atoms with E-state index < -0.39 is 0 Å². The number of amides is 1. The molecule has 0 aliphatic carbocycles. The lowest BCUT2D eigenvalue weighted by Crippen LogP contribution is -2.38. The zero-order valence-corrected chi connectivity index (χ0v) is 15.3. The summed E-state index contributed by atoms with van der Waals surface area (Å²) in [5, 5.41) is 0. The van der Waals surface area contributed by atoms with Crippen LogP contribution in [0.2, 0.25) is 0 Å². The van der Waals surface area contributed by atoms with Crippen LogP contribution in [0.4, 0.5) is 0 Å². The van der Waals surface area contributed by atoms with Crippen molar-refractivity contribution in [2.24, 2.45) is 5.92 Å². The minimum Gasteiger partial charge on any atom is -0.493 e. The molecule has 0 unspecified atom stereocenters. The van der Waals surface area contributed by atoms with Gasteiger partial charge in [-0.25, -0.2) is 0 Å². The first-order valence-electron chi connectivity index (χ1n) is 9.97.